The molecule has 0 fully saturated rings. The molecule has 21 heavy (non-hydrogen) atoms. The first-order valence-corrected chi connectivity index (χ1v) is 6.79. The number of rotatable bonds is 3. The molecule has 0 radical (unpaired) electrons. The summed E-state index contributed by atoms with van der Waals surface area (Å²) in [4.78, 5) is 12.3. The minimum Gasteiger partial charge on any atom is -0.495 e. The molecule has 0 bridgehead atoms. The molecule has 0 saturated heterocycles. The number of hydrogen-bond donors (Lipinski definition) is 2. The summed E-state index contributed by atoms with van der Waals surface area (Å²) in [6.07, 6.45) is 0. The van der Waals surface area contributed by atoms with Gasteiger partial charge in [0.1, 0.15) is 5.75 Å². The highest BCUT2D eigenvalue weighted by Gasteiger charge is 2.13. The van der Waals surface area contributed by atoms with E-state index in [2.05, 4.69) is 21.2 Å². The lowest BCUT2D eigenvalue weighted by atomic mass is 10.1. The number of carbonyl (C=O) groups excluding carboxylic acids is 1. The number of anilines is 2. The number of benzene rings is 2. The van der Waals surface area contributed by atoms with Gasteiger partial charge in [-0.15, -0.1) is 0 Å². The summed E-state index contributed by atoms with van der Waals surface area (Å²) in [6.45, 7) is 0. The zero-order valence-corrected chi connectivity index (χ0v) is 12.8. The Balaban J connectivity index is 2.32. The average Bonchev–Trinajstić information content (AvgIpc) is 2.49. The molecule has 0 heterocycles. The quantitative estimate of drug-likeness (QED) is 0.836. The van der Waals surface area contributed by atoms with Crippen LogP contribution in [0, 0.1) is 11.3 Å². The van der Waals surface area contributed by atoms with E-state index in [4.69, 9.17) is 15.7 Å². The Labute approximate surface area is 130 Å². The van der Waals surface area contributed by atoms with Crippen LogP contribution in [0.3, 0.4) is 0 Å². The molecule has 0 unspecified atom stereocenters. The van der Waals surface area contributed by atoms with Gasteiger partial charge in [0.05, 0.1) is 30.0 Å². The fourth-order valence-electron chi connectivity index (χ4n) is 1.78. The number of nitriles is 1. The largest absolute Gasteiger partial charge is 0.495 e. The highest BCUT2D eigenvalue weighted by molar-refractivity contribution is 9.10. The third-order valence-electron chi connectivity index (χ3n) is 2.84. The molecule has 106 valence electrons. The van der Waals surface area contributed by atoms with Gasteiger partial charge in [0.25, 0.3) is 5.91 Å². The molecule has 2 rings (SSSR count). The van der Waals surface area contributed by atoms with Gasteiger partial charge in [-0.1, -0.05) is 15.9 Å². The molecule has 5 nitrogen and oxygen atoms in total. The van der Waals surface area contributed by atoms with Crippen LogP contribution in [0.4, 0.5) is 11.4 Å². The zero-order chi connectivity index (χ0) is 15.4. The van der Waals surface area contributed by atoms with Crippen LogP contribution in [-0.4, -0.2) is 13.0 Å². The van der Waals surface area contributed by atoms with Crippen LogP contribution in [0.2, 0.25) is 0 Å². The molecule has 0 atom stereocenters. The van der Waals surface area contributed by atoms with Crippen LogP contribution in [0.25, 0.3) is 0 Å². The van der Waals surface area contributed by atoms with Crippen LogP contribution in [-0.2, 0) is 0 Å². The van der Waals surface area contributed by atoms with E-state index in [0.717, 1.165) is 4.47 Å². The second-order valence-corrected chi connectivity index (χ2v) is 5.13. The van der Waals surface area contributed by atoms with Crippen LogP contribution in [0.15, 0.2) is 40.9 Å². The first kappa shape index (κ1) is 14.9. The summed E-state index contributed by atoms with van der Waals surface area (Å²) in [7, 11) is 1.47. The Morgan fingerprint density at radius 1 is 1.33 bits per heavy atom. The van der Waals surface area contributed by atoms with Crippen molar-refractivity contribution < 1.29 is 9.53 Å². The van der Waals surface area contributed by atoms with E-state index < -0.39 is 0 Å². The molecule has 1 amide bonds. The Hall–Kier alpha value is -2.52. The maximum atomic E-state index is 12.3. The van der Waals surface area contributed by atoms with Crippen molar-refractivity contribution in [2.45, 2.75) is 0 Å². The number of nitrogens with zero attached hydrogens (tertiary/aromatic N) is 1. The van der Waals surface area contributed by atoms with Gasteiger partial charge in [0.15, 0.2) is 0 Å². The number of methoxy groups -OCH3 is 1. The molecule has 2 aromatic carbocycles. The Morgan fingerprint density at radius 3 is 2.76 bits per heavy atom. The molecular formula is C15H12BrN3O2. The average molecular weight is 346 g/mol. The molecule has 6 heteroatoms. The van der Waals surface area contributed by atoms with Gasteiger partial charge in [-0.3, -0.25) is 4.79 Å². The Kier molecular flexibility index (Phi) is 4.45. The third-order valence-corrected chi connectivity index (χ3v) is 3.33. The van der Waals surface area contributed by atoms with Crippen LogP contribution in [0.5, 0.6) is 5.75 Å². The van der Waals surface area contributed by atoms with Crippen molar-refractivity contribution in [3.63, 3.8) is 0 Å². The first-order chi connectivity index (χ1) is 10.0. The van der Waals surface area contributed by atoms with Crippen molar-refractivity contribution in [1.29, 1.82) is 5.26 Å². The van der Waals surface area contributed by atoms with Crippen molar-refractivity contribution in [2.24, 2.45) is 0 Å². The van der Waals surface area contributed by atoms with Crippen LogP contribution < -0.4 is 15.8 Å². The normalized spacial score (nSPS) is 9.76. The van der Waals surface area contributed by atoms with Crippen molar-refractivity contribution >= 4 is 33.2 Å². The Bertz CT molecular complexity index is 738. The SMILES string of the molecule is COc1cc(C#N)ccc1NC(=O)c1cc(Br)ccc1N. The number of amides is 1. The van der Waals surface area contributed by atoms with Gasteiger partial charge in [-0.05, 0) is 30.3 Å². The fraction of sp³-hybridized carbons (Fsp3) is 0.0667. The van der Waals surface area contributed by atoms with E-state index in [1.807, 2.05) is 6.07 Å². The van der Waals surface area contributed by atoms with E-state index in [9.17, 15) is 4.79 Å². The molecule has 0 aliphatic rings. The van der Waals surface area contributed by atoms with Gasteiger partial charge >= 0.3 is 0 Å². The van der Waals surface area contributed by atoms with Crippen molar-refractivity contribution in [3.05, 3.63) is 52.0 Å². The monoisotopic (exact) mass is 345 g/mol. The molecule has 0 aliphatic carbocycles. The van der Waals surface area contributed by atoms with Crippen LogP contribution in [0.1, 0.15) is 15.9 Å². The van der Waals surface area contributed by atoms with Crippen LogP contribution >= 0.6 is 15.9 Å². The van der Waals surface area contributed by atoms with Gasteiger partial charge in [-0.25, -0.2) is 0 Å². The zero-order valence-electron chi connectivity index (χ0n) is 11.2. The van der Waals surface area contributed by atoms with Crippen molar-refractivity contribution in [1.82, 2.24) is 0 Å². The standard InChI is InChI=1S/C15H12BrN3O2/c1-21-14-6-9(8-17)2-5-13(14)19-15(20)11-7-10(16)3-4-12(11)18/h2-7H,18H2,1H3,(H,19,20). The maximum absolute atomic E-state index is 12.3. The van der Waals surface area contributed by atoms with Gasteiger partial charge < -0.3 is 15.8 Å². The first-order valence-electron chi connectivity index (χ1n) is 5.99. The molecule has 3 N–H and O–H groups in total. The molecule has 0 aromatic heterocycles. The maximum Gasteiger partial charge on any atom is 0.257 e. The van der Waals surface area contributed by atoms with E-state index in [0.29, 0.717) is 28.3 Å². The number of nitrogen functional groups attached to an aromatic ring is 1. The second-order valence-electron chi connectivity index (χ2n) is 4.21. The summed E-state index contributed by atoms with van der Waals surface area (Å²) in [5.41, 5.74) is 7.46. The molecule has 0 saturated carbocycles. The summed E-state index contributed by atoms with van der Waals surface area (Å²) < 4.78 is 5.93. The predicted molar refractivity (Wildman–Crippen MR) is 84.2 cm³/mol. The lowest BCUT2D eigenvalue weighted by Gasteiger charge is -2.11. The topological polar surface area (TPSA) is 88.1 Å². The van der Waals surface area contributed by atoms with E-state index >= 15 is 0 Å². The highest BCUT2D eigenvalue weighted by atomic mass is 79.9. The lowest BCUT2D eigenvalue weighted by Crippen LogP contribution is -2.14. The van der Waals surface area contributed by atoms with Crippen molar-refractivity contribution in [3.8, 4) is 11.8 Å². The number of nitrogens with two attached hydrogens (primary N) is 1. The summed E-state index contributed by atoms with van der Waals surface area (Å²) in [6, 6.07) is 11.8. The smallest absolute Gasteiger partial charge is 0.257 e. The minimum atomic E-state index is -0.350. The van der Waals surface area contributed by atoms with Crippen molar-refractivity contribution in [2.75, 3.05) is 18.2 Å². The highest BCUT2D eigenvalue weighted by Crippen LogP contribution is 2.27. The second kappa shape index (κ2) is 6.29. The molecule has 0 spiro atoms. The number of halogens is 1. The summed E-state index contributed by atoms with van der Waals surface area (Å²) in [5.74, 6) is 0.0628. The lowest BCUT2D eigenvalue weighted by molar-refractivity contribution is 0.102. The molecular weight excluding hydrogens is 334 g/mol. The summed E-state index contributed by atoms with van der Waals surface area (Å²) in [5, 5.41) is 11.6. The predicted octanol–water partition coefficient (Wildman–Crippen LogP) is 3.16. The van der Waals surface area contributed by atoms with Gasteiger partial charge in [0, 0.05) is 16.2 Å². The number of ether oxygens (including phenoxy) is 1. The number of carbonyl (C=O) groups is 1. The van der Waals surface area contributed by atoms with Gasteiger partial charge in [0.2, 0.25) is 0 Å². The summed E-state index contributed by atoms with van der Waals surface area (Å²) >= 11 is 3.30. The Morgan fingerprint density at radius 2 is 2.10 bits per heavy atom. The van der Waals surface area contributed by atoms with E-state index in [-0.39, 0.29) is 5.91 Å². The number of hydrogen-bond acceptors (Lipinski definition) is 4. The van der Waals surface area contributed by atoms with E-state index in [1.165, 1.54) is 7.11 Å². The number of nitrogens with one attached hydrogen (secondary N) is 1. The third kappa shape index (κ3) is 3.33. The van der Waals surface area contributed by atoms with Gasteiger partial charge in [-0.2, -0.15) is 5.26 Å². The molecule has 2 aromatic rings. The molecule has 0 aliphatic heterocycles. The fourth-order valence-corrected chi connectivity index (χ4v) is 2.14. The van der Waals surface area contributed by atoms with E-state index in [1.54, 1.807) is 36.4 Å². The minimum absolute atomic E-state index is 0.350.